The minimum Gasteiger partial charge on any atom is -0.478 e. The van der Waals surface area contributed by atoms with Gasteiger partial charge in [-0.1, -0.05) is 96.5 Å². The lowest BCUT2D eigenvalue weighted by atomic mass is 10.0. The fourth-order valence-electron chi connectivity index (χ4n) is 2.88. The highest BCUT2D eigenvalue weighted by Gasteiger charge is 1.94. The Balaban J connectivity index is 3.23. The summed E-state index contributed by atoms with van der Waals surface area (Å²) in [6.45, 7) is 2.27. The van der Waals surface area contributed by atoms with E-state index in [0.717, 1.165) is 25.0 Å². The van der Waals surface area contributed by atoms with Gasteiger partial charge in [0.2, 0.25) is 5.91 Å². The average molecular weight is 366 g/mol. The summed E-state index contributed by atoms with van der Waals surface area (Å²) in [6.07, 6.45) is 25.2. The summed E-state index contributed by atoms with van der Waals surface area (Å²) in [5.74, 6) is -1.53. The molecule has 0 unspecified atom stereocenters. The van der Waals surface area contributed by atoms with Gasteiger partial charge >= 0.3 is 5.97 Å². The van der Waals surface area contributed by atoms with Gasteiger partial charge in [0.1, 0.15) is 0 Å². The predicted octanol–water partition coefficient (Wildman–Crippen LogP) is 6.13. The molecule has 0 heterocycles. The number of hydrogen-bond donors (Lipinski definition) is 2. The van der Waals surface area contributed by atoms with E-state index in [4.69, 9.17) is 5.11 Å². The van der Waals surface area contributed by atoms with E-state index in [1.807, 2.05) is 6.08 Å². The van der Waals surface area contributed by atoms with Gasteiger partial charge in [0.25, 0.3) is 0 Å². The number of carbonyl (C=O) groups excluding carboxylic acids is 1. The molecule has 0 fully saturated rings. The van der Waals surface area contributed by atoms with Gasteiger partial charge in [-0.3, -0.25) is 4.79 Å². The van der Waals surface area contributed by atoms with E-state index in [9.17, 15) is 9.59 Å². The van der Waals surface area contributed by atoms with Crippen molar-refractivity contribution in [2.45, 2.75) is 103 Å². The quantitative estimate of drug-likeness (QED) is 0.227. The molecule has 1 amide bonds. The van der Waals surface area contributed by atoms with Gasteiger partial charge in [-0.15, -0.1) is 0 Å². The summed E-state index contributed by atoms with van der Waals surface area (Å²) in [5.41, 5.74) is 0. The zero-order valence-corrected chi connectivity index (χ0v) is 16.7. The van der Waals surface area contributed by atoms with E-state index in [0.29, 0.717) is 0 Å². The van der Waals surface area contributed by atoms with Gasteiger partial charge in [-0.05, 0) is 12.8 Å². The molecule has 0 saturated heterocycles. The van der Waals surface area contributed by atoms with Gasteiger partial charge < -0.3 is 10.4 Å². The molecule has 0 aromatic heterocycles. The van der Waals surface area contributed by atoms with Crippen molar-refractivity contribution in [3.8, 4) is 0 Å². The Morgan fingerprint density at radius 3 is 1.65 bits per heavy atom. The molecule has 0 rings (SSSR count). The predicted molar refractivity (Wildman–Crippen MR) is 109 cm³/mol. The minimum absolute atomic E-state index is 0.412. The van der Waals surface area contributed by atoms with E-state index < -0.39 is 11.9 Å². The molecule has 0 spiro atoms. The highest BCUT2D eigenvalue weighted by Crippen LogP contribution is 2.13. The van der Waals surface area contributed by atoms with Gasteiger partial charge in [-0.2, -0.15) is 0 Å². The number of amides is 1. The van der Waals surface area contributed by atoms with Crippen molar-refractivity contribution in [2.24, 2.45) is 0 Å². The number of unbranched alkanes of at least 4 members (excludes halogenated alkanes) is 14. The molecule has 0 aliphatic heterocycles. The molecule has 0 aromatic carbocycles. The topological polar surface area (TPSA) is 66.4 Å². The standard InChI is InChI=1S/C22H39NO3/c1-2-3-4-5-6-7-8-9-10-11-12-13-14-15-16-17-20-23-21(24)18-19-22(25)26/h17-20H,2-16H2,1H3,(H,23,24)(H,25,26)/b19-18+,20-17+. The molecular weight excluding hydrogens is 326 g/mol. The van der Waals surface area contributed by atoms with Crippen LogP contribution in [0, 0.1) is 0 Å². The van der Waals surface area contributed by atoms with Gasteiger partial charge in [0.15, 0.2) is 0 Å². The lowest BCUT2D eigenvalue weighted by molar-refractivity contribution is -0.131. The van der Waals surface area contributed by atoms with Crippen molar-refractivity contribution in [1.29, 1.82) is 0 Å². The summed E-state index contributed by atoms with van der Waals surface area (Å²) in [4.78, 5) is 21.4. The summed E-state index contributed by atoms with van der Waals surface area (Å²) in [5, 5.41) is 10.9. The Morgan fingerprint density at radius 2 is 1.19 bits per heavy atom. The molecule has 0 radical (unpaired) electrons. The Labute approximate surface area is 160 Å². The second-order valence-electron chi connectivity index (χ2n) is 6.97. The Bertz CT molecular complexity index is 402. The maximum Gasteiger partial charge on any atom is 0.328 e. The van der Waals surface area contributed by atoms with Crippen LogP contribution in [0.25, 0.3) is 0 Å². The van der Waals surface area contributed by atoms with Crippen molar-refractivity contribution in [1.82, 2.24) is 5.32 Å². The number of hydrogen-bond acceptors (Lipinski definition) is 2. The van der Waals surface area contributed by atoms with Crippen LogP contribution in [0.5, 0.6) is 0 Å². The molecule has 0 bridgehead atoms. The minimum atomic E-state index is -1.12. The molecule has 0 aliphatic carbocycles. The van der Waals surface area contributed by atoms with E-state index in [1.165, 1.54) is 83.5 Å². The molecule has 0 atom stereocenters. The second-order valence-corrected chi connectivity index (χ2v) is 6.97. The fraction of sp³-hybridized carbons (Fsp3) is 0.727. The van der Waals surface area contributed by atoms with Crippen LogP contribution in [-0.4, -0.2) is 17.0 Å². The van der Waals surface area contributed by atoms with Crippen LogP contribution < -0.4 is 5.32 Å². The first kappa shape index (κ1) is 24.4. The third-order valence-electron chi connectivity index (χ3n) is 4.45. The van der Waals surface area contributed by atoms with Crippen molar-refractivity contribution in [3.05, 3.63) is 24.4 Å². The molecule has 0 aliphatic rings. The van der Waals surface area contributed by atoms with Crippen LogP contribution in [0.2, 0.25) is 0 Å². The van der Waals surface area contributed by atoms with Crippen molar-refractivity contribution in [3.63, 3.8) is 0 Å². The molecule has 150 valence electrons. The van der Waals surface area contributed by atoms with Crippen molar-refractivity contribution in [2.75, 3.05) is 0 Å². The Hall–Kier alpha value is -1.58. The SMILES string of the molecule is CCCCCCCCCCCCCCCC/C=C/NC(=O)/C=C/C(=O)O. The summed E-state index contributed by atoms with van der Waals surface area (Å²) in [6, 6.07) is 0. The lowest BCUT2D eigenvalue weighted by Crippen LogP contribution is -2.13. The molecule has 26 heavy (non-hydrogen) atoms. The average Bonchev–Trinajstić information content (AvgIpc) is 2.62. The summed E-state index contributed by atoms with van der Waals surface area (Å²) < 4.78 is 0. The Morgan fingerprint density at radius 1 is 0.731 bits per heavy atom. The smallest absolute Gasteiger partial charge is 0.328 e. The van der Waals surface area contributed by atoms with E-state index >= 15 is 0 Å². The number of carbonyl (C=O) groups is 2. The fourth-order valence-corrected chi connectivity index (χ4v) is 2.88. The number of rotatable bonds is 18. The maximum absolute atomic E-state index is 11.2. The van der Waals surface area contributed by atoms with Gasteiger partial charge in [-0.25, -0.2) is 4.79 Å². The second kappa shape index (κ2) is 19.7. The first-order valence-corrected chi connectivity index (χ1v) is 10.5. The van der Waals surface area contributed by atoms with Crippen LogP contribution >= 0.6 is 0 Å². The third-order valence-corrected chi connectivity index (χ3v) is 4.45. The van der Waals surface area contributed by atoms with Crippen LogP contribution in [0.3, 0.4) is 0 Å². The molecule has 0 saturated carbocycles. The van der Waals surface area contributed by atoms with Crippen molar-refractivity contribution >= 4 is 11.9 Å². The van der Waals surface area contributed by atoms with E-state index in [-0.39, 0.29) is 0 Å². The number of carboxylic acid groups (broad SMARTS) is 1. The number of allylic oxidation sites excluding steroid dienone is 1. The highest BCUT2D eigenvalue weighted by atomic mass is 16.4. The third kappa shape index (κ3) is 20.5. The van der Waals surface area contributed by atoms with Crippen LogP contribution in [0.4, 0.5) is 0 Å². The normalized spacial score (nSPS) is 11.4. The zero-order chi connectivity index (χ0) is 19.3. The highest BCUT2D eigenvalue weighted by molar-refractivity contribution is 5.94. The molecular formula is C22H39NO3. The van der Waals surface area contributed by atoms with Gasteiger partial charge in [0, 0.05) is 18.4 Å². The lowest BCUT2D eigenvalue weighted by Gasteiger charge is -2.02. The molecule has 0 aromatic rings. The first-order chi connectivity index (χ1) is 12.7. The van der Waals surface area contributed by atoms with Crippen LogP contribution in [0.1, 0.15) is 103 Å². The van der Waals surface area contributed by atoms with Crippen molar-refractivity contribution < 1.29 is 14.7 Å². The summed E-state index contributed by atoms with van der Waals surface area (Å²) in [7, 11) is 0. The summed E-state index contributed by atoms with van der Waals surface area (Å²) >= 11 is 0. The zero-order valence-electron chi connectivity index (χ0n) is 16.7. The molecule has 4 nitrogen and oxygen atoms in total. The van der Waals surface area contributed by atoms with E-state index in [2.05, 4.69) is 12.2 Å². The van der Waals surface area contributed by atoms with Crippen LogP contribution in [0.15, 0.2) is 24.4 Å². The molecule has 4 heteroatoms. The van der Waals surface area contributed by atoms with Crippen LogP contribution in [-0.2, 0) is 9.59 Å². The number of aliphatic carboxylic acids is 1. The van der Waals surface area contributed by atoms with E-state index in [1.54, 1.807) is 6.20 Å². The molecule has 2 N–H and O–H groups in total. The largest absolute Gasteiger partial charge is 0.478 e. The number of carboxylic acids is 1. The monoisotopic (exact) mass is 365 g/mol. The Kier molecular flexibility index (Phi) is 18.5. The maximum atomic E-state index is 11.2. The number of nitrogens with one attached hydrogen (secondary N) is 1. The van der Waals surface area contributed by atoms with Gasteiger partial charge in [0.05, 0.1) is 0 Å². The first-order valence-electron chi connectivity index (χ1n) is 10.5.